The summed E-state index contributed by atoms with van der Waals surface area (Å²) < 4.78 is 25.6. The first-order valence-electron chi connectivity index (χ1n) is 8.69. The Hall–Kier alpha value is -3.50. The maximum Gasteiger partial charge on any atom is 0.233 e. The van der Waals surface area contributed by atoms with Crippen LogP contribution in [0.4, 0.5) is 10.8 Å². The van der Waals surface area contributed by atoms with Crippen LogP contribution in [0.5, 0.6) is 5.75 Å². The largest absolute Gasteiger partial charge is 0.506 e. The zero-order valence-corrected chi connectivity index (χ0v) is 17.4. The predicted molar refractivity (Wildman–Crippen MR) is 122 cm³/mol. The Kier molecular flexibility index (Phi) is 6.60. The Bertz CT molecular complexity index is 1320. The van der Waals surface area contributed by atoms with Gasteiger partial charge in [-0.3, -0.25) is 0 Å². The highest BCUT2D eigenvalue weighted by Gasteiger charge is 2.07. The molecule has 0 amide bonds. The minimum Gasteiger partial charge on any atom is -0.506 e. The number of hydrogen-bond acceptors (Lipinski definition) is 7. The van der Waals surface area contributed by atoms with Crippen LogP contribution in [0.15, 0.2) is 48.4 Å². The molecule has 30 heavy (non-hydrogen) atoms. The normalized spacial score (nSPS) is 10.5. The van der Waals surface area contributed by atoms with Gasteiger partial charge in [-0.2, -0.15) is 4.72 Å². The summed E-state index contributed by atoms with van der Waals surface area (Å²) in [6.45, 7) is 3.61. The zero-order valence-electron chi connectivity index (χ0n) is 15.8. The zero-order chi connectivity index (χ0) is 21.6. The lowest BCUT2D eigenvalue weighted by molar-refractivity contribution is 0.480. The second-order valence-corrected chi connectivity index (χ2v) is 8.74. The van der Waals surface area contributed by atoms with Gasteiger partial charge in [0.15, 0.2) is 5.13 Å². The van der Waals surface area contributed by atoms with Crippen molar-refractivity contribution >= 4 is 42.4 Å². The number of benzene rings is 2. The number of aromatic hydroxyl groups is 1. The van der Waals surface area contributed by atoms with Gasteiger partial charge in [-0.25, -0.2) is 13.4 Å². The molecular formula is C21H18N4O3S2. The van der Waals surface area contributed by atoms with E-state index in [1.807, 2.05) is 30.3 Å². The summed E-state index contributed by atoms with van der Waals surface area (Å²) in [5, 5.41) is 14.4. The Labute approximate surface area is 178 Å². The monoisotopic (exact) mass is 438 g/mol. The molecule has 9 heteroatoms. The molecule has 5 N–H and O–H groups in total. The van der Waals surface area contributed by atoms with Gasteiger partial charge in [0.05, 0.1) is 17.8 Å². The molecule has 0 bridgehead atoms. The Morgan fingerprint density at radius 3 is 2.73 bits per heavy atom. The fourth-order valence-corrected chi connectivity index (χ4v) is 3.63. The number of nitrogen functional groups attached to an aromatic ring is 1. The summed E-state index contributed by atoms with van der Waals surface area (Å²) in [6.07, 6.45) is 0. The van der Waals surface area contributed by atoms with E-state index in [1.165, 1.54) is 11.3 Å². The van der Waals surface area contributed by atoms with Crippen molar-refractivity contribution in [3.05, 3.63) is 59.5 Å². The van der Waals surface area contributed by atoms with E-state index in [0.717, 1.165) is 21.4 Å². The quantitative estimate of drug-likeness (QED) is 0.455. The summed E-state index contributed by atoms with van der Waals surface area (Å²) in [7, 11) is -3.47. The van der Waals surface area contributed by atoms with E-state index < -0.39 is 10.0 Å². The van der Waals surface area contributed by atoms with Gasteiger partial charge in [0.25, 0.3) is 0 Å². The van der Waals surface area contributed by atoms with Gasteiger partial charge >= 0.3 is 0 Å². The van der Waals surface area contributed by atoms with E-state index in [9.17, 15) is 13.5 Å². The van der Waals surface area contributed by atoms with Gasteiger partial charge in [-0.05, 0) is 30.3 Å². The van der Waals surface area contributed by atoms with Gasteiger partial charge in [0.1, 0.15) is 11.3 Å². The molecule has 0 aliphatic rings. The highest BCUT2D eigenvalue weighted by molar-refractivity contribution is 7.92. The molecule has 0 aliphatic heterocycles. The Balaban J connectivity index is 1.60. The third-order valence-corrected chi connectivity index (χ3v) is 5.60. The average molecular weight is 439 g/mol. The molecular weight excluding hydrogens is 420 g/mol. The van der Waals surface area contributed by atoms with Gasteiger partial charge in [-0.1, -0.05) is 47.7 Å². The first-order valence-corrected chi connectivity index (χ1v) is 11.1. The topological polar surface area (TPSA) is 117 Å². The number of fused-ring (bicyclic) bond motifs is 1. The summed E-state index contributed by atoms with van der Waals surface area (Å²) >= 11 is 1.30. The number of thiazole rings is 1. The van der Waals surface area contributed by atoms with E-state index in [4.69, 9.17) is 5.73 Å². The average Bonchev–Trinajstić information content (AvgIpc) is 3.10. The number of phenols is 1. The first kappa shape index (κ1) is 21.2. The van der Waals surface area contributed by atoms with E-state index in [-0.39, 0.29) is 12.3 Å². The number of aromatic nitrogens is 1. The lowest BCUT2D eigenvalue weighted by atomic mass is 10.2. The van der Waals surface area contributed by atoms with E-state index in [1.54, 1.807) is 6.07 Å². The fraction of sp³-hybridized carbons (Fsp3) is 0.0952. The van der Waals surface area contributed by atoms with Crippen LogP contribution in [0.2, 0.25) is 0 Å². The summed E-state index contributed by atoms with van der Waals surface area (Å²) in [5.74, 6) is 11.7. The lowest BCUT2D eigenvalue weighted by Gasteiger charge is -2.02. The van der Waals surface area contributed by atoms with Crippen LogP contribution in [-0.4, -0.2) is 31.6 Å². The third kappa shape index (κ3) is 5.75. The molecule has 0 radical (unpaired) electrons. The maximum atomic E-state index is 11.3. The minimum atomic E-state index is -3.47. The SMILES string of the molecule is C=CS(=O)(=O)NCC#Cc1cccc(NCC#Cc2cc(O)c3nc(N)sc3c2)c1. The van der Waals surface area contributed by atoms with Crippen LogP contribution in [0.3, 0.4) is 0 Å². The number of nitrogens with one attached hydrogen (secondary N) is 2. The van der Waals surface area contributed by atoms with Crippen LogP contribution >= 0.6 is 11.3 Å². The van der Waals surface area contributed by atoms with Crippen molar-refractivity contribution in [3.63, 3.8) is 0 Å². The predicted octanol–water partition coefficient (Wildman–Crippen LogP) is 2.46. The van der Waals surface area contributed by atoms with Crippen LogP contribution in [0.1, 0.15) is 11.1 Å². The van der Waals surface area contributed by atoms with Gasteiger partial charge in [0.2, 0.25) is 10.0 Å². The standard InChI is InChI=1S/C21H18N4O3S2/c1-2-30(27,28)24-11-5-7-15-6-3-9-17(12-15)23-10-4-8-16-13-18(26)20-19(14-16)29-21(22)25-20/h2-3,6,9,12-14,23-24,26H,1,10-11H2,(H2,22,25). The number of sulfonamides is 1. The second kappa shape index (κ2) is 9.33. The number of phenolic OH excluding ortho intramolecular Hbond substituents is 1. The molecule has 1 aromatic heterocycles. The van der Waals surface area contributed by atoms with Crippen LogP contribution in [0, 0.1) is 23.7 Å². The summed E-state index contributed by atoms with van der Waals surface area (Å²) in [5.41, 5.74) is 8.40. The molecule has 3 rings (SSSR count). The molecule has 0 unspecified atom stereocenters. The lowest BCUT2D eigenvalue weighted by Crippen LogP contribution is -2.20. The molecule has 0 saturated carbocycles. The van der Waals surface area contributed by atoms with Crippen LogP contribution in [-0.2, 0) is 10.0 Å². The molecule has 0 fully saturated rings. The van der Waals surface area contributed by atoms with Crippen molar-refractivity contribution in [1.82, 2.24) is 9.71 Å². The van der Waals surface area contributed by atoms with Crippen molar-refractivity contribution < 1.29 is 13.5 Å². The van der Waals surface area contributed by atoms with Crippen LogP contribution < -0.4 is 15.8 Å². The Morgan fingerprint density at radius 2 is 1.93 bits per heavy atom. The molecule has 1 heterocycles. The van der Waals surface area contributed by atoms with Crippen molar-refractivity contribution in [2.24, 2.45) is 0 Å². The molecule has 2 aromatic carbocycles. The molecule has 0 aliphatic carbocycles. The van der Waals surface area contributed by atoms with Gasteiger partial charge < -0.3 is 16.2 Å². The summed E-state index contributed by atoms with van der Waals surface area (Å²) in [6, 6.07) is 10.8. The van der Waals surface area contributed by atoms with Crippen molar-refractivity contribution in [2.45, 2.75) is 0 Å². The number of nitrogens with two attached hydrogens (primary N) is 1. The maximum absolute atomic E-state index is 11.3. The van der Waals surface area contributed by atoms with Crippen molar-refractivity contribution in [3.8, 4) is 29.4 Å². The molecule has 0 spiro atoms. The minimum absolute atomic E-state index is 0.0000831. The number of anilines is 2. The smallest absolute Gasteiger partial charge is 0.233 e. The fourth-order valence-electron chi connectivity index (χ4n) is 2.44. The number of nitrogens with zero attached hydrogens (tertiary/aromatic N) is 1. The molecule has 0 saturated heterocycles. The van der Waals surface area contributed by atoms with Gasteiger partial charge in [-0.15, -0.1) is 0 Å². The second-order valence-electron chi connectivity index (χ2n) is 5.96. The van der Waals surface area contributed by atoms with E-state index in [0.29, 0.717) is 22.8 Å². The van der Waals surface area contributed by atoms with Gasteiger partial charge in [0, 0.05) is 22.2 Å². The highest BCUT2D eigenvalue weighted by atomic mass is 32.2. The molecule has 3 aromatic rings. The summed E-state index contributed by atoms with van der Waals surface area (Å²) in [4.78, 5) is 4.08. The van der Waals surface area contributed by atoms with E-state index in [2.05, 4.69) is 45.3 Å². The number of hydrogen-bond donors (Lipinski definition) is 4. The molecule has 152 valence electrons. The molecule has 0 atom stereocenters. The highest BCUT2D eigenvalue weighted by Crippen LogP contribution is 2.31. The molecule has 7 nitrogen and oxygen atoms in total. The number of rotatable bonds is 5. The van der Waals surface area contributed by atoms with E-state index >= 15 is 0 Å². The Morgan fingerprint density at radius 1 is 1.17 bits per heavy atom. The van der Waals surface area contributed by atoms with Crippen LogP contribution in [0.25, 0.3) is 10.2 Å². The van der Waals surface area contributed by atoms with Crippen molar-refractivity contribution in [2.75, 3.05) is 24.1 Å². The third-order valence-electron chi connectivity index (χ3n) is 3.78. The first-order chi connectivity index (χ1) is 14.4. The van der Waals surface area contributed by atoms with Crippen molar-refractivity contribution in [1.29, 1.82) is 0 Å².